The molecule has 1 fully saturated rings. The first-order valence-corrected chi connectivity index (χ1v) is 12.0. The van der Waals surface area contributed by atoms with Gasteiger partial charge in [-0.3, -0.25) is 24.5 Å². The highest BCUT2D eigenvalue weighted by Crippen LogP contribution is 2.44. The minimum Gasteiger partial charge on any atom is -0.497 e. The summed E-state index contributed by atoms with van der Waals surface area (Å²) < 4.78 is 13.0. The number of nitrogens with one attached hydrogen (secondary N) is 3. The maximum Gasteiger partial charge on any atom is 0.270 e. The molecule has 4 heterocycles. The third-order valence-electron chi connectivity index (χ3n) is 6.23. The summed E-state index contributed by atoms with van der Waals surface area (Å²) >= 11 is 1.43. The number of aromatic nitrogens is 4. The van der Waals surface area contributed by atoms with Crippen LogP contribution in [0.2, 0.25) is 0 Å². The van der Waals surface area contributed by atoms with Gasteiger partial charge in [0.25, 0.3) is 5.56 Å². The Balaban J connectivity index is 1.59. The summed E-state index contributed by atoms with van der Waals surface area (Å²) in [6.45, 7) is 4.69. The molecule has 3 aromatic rings. The van der Waals surface area contributed by atoms with E-state index in [0.29, 0.717) is 18.0 Å². The van der Waals surface area contributed by atoms with Gasteiger partial charge in [-0.1, -0.05) is 0 Å². The van der Waals surface area contributed by atoms with Gasteiger partial charge in [-0.2, -0.15) is 5.10 Å². The number of nitrogens with zero attached hydrogens (tertiary/aromatic N) is 2. The van der Waals surface area contributed by atoms with E-state index >= 15 is 0 Å². The fraction of sp³-hybridized carbons (Fsp3) is 0.435. The Morgan fingerprint density at radius 3 is 2.76 bits per heavy atom. The number of carbonyl (C=O) groups excluding carboxylic acids is 1. The lowest BCUT2D eigenvalue weighted by molar-refractivity contribution is -0.113. The number of fused-ring (bicyclic) bond motifs is 1. The molecule has 0 radical (unpaired) electrons. The molecule has 0 unspecified atom stereocenters. The van der Waals surface area contributed by atoms with Gasteiger partial charge in [0.1, 0.15) is 11.6 Å². The molecule has 1 amide bonds. The second-order valence-corrected chi connectivity index (χ2v) is 10.1. The molecule has 10 heteroatoms. The Morgan fingerprint density at radius 1 is 1.24 bits per heavy atom. The van der Waals surface area contributed by atoms with Crippen molar-refractivity contribution in [3.63, 3.8) is 0 Å². The number of methoxy groups -OCH3 is 1. The fourth-order valence-corrected chi connectivity index (χ4v) is 5.80. The predicted octanol–water partition coefficient (Wildman–Crippen LogP) is 3.48. The lowest BCUT2D eigenvalue weighted by Crippen LogP contribution is -2.36. The van der Waals surface area contributed by atoms with Gasteiger partial charge < -0.3 is 14.8 Å². The van der Waals surface area contributed by atoms with E-state index in [9.17, 15) is 9.59 Å². The van der Waals surface area contributed by atoms with Crippen LogP contribution in [0.4, 0.5) is 5.82 Å². The fourth-order valence-electron chi connectivity index (χ4n) is 4.67. The Labute approximate surface area is 195 Å². The summed E-state index contributed by atoms with van der Waals surface area (Å²) in [6, 6.07) is 7.68. The highest BCUT2D eigenvalue weighted by atomic mass is 32.2. The van der Waals surface area contributed by atoms with Crippen LogP contribution >= 0.6 is 11.8 Å². The number of hydrogen-bond acceptors (Lipinski definition) is 6. The minimum absolute atomic E-state index is 0.0275. The van der Waals surface area contributed by atoms with Crippen molar-refractivity contribution in [2.75, 3.05) is 24.8 Å². The van der Waals surface area contributed by atoms with Gasteiger partial charge in [0, 0.05) is 17.7 Å². The Kier molecular flexibility index (Phi) is 5.57. The van der Waals surface area contributed by atoms with E-state index in [1.165, 1.54) is 11.8 Å². The zero-order valence-corrected chi connectivity index (χ0v) is 19.6. The zero-order chi connectivity index (χ0) is 23.2. The van der Waals surface area contributed by atoms with E-state index in [-0.39, 0.29) is 34.1 Å². The zero-order valence-electron chi connectivity index (χ0n) is 18.8. The van der Waals surface area contributed by atoms with Gasteiger partial charge in [0.05, 0.1) is 47.2 Å². The molecule has 5 rings (SSSR count). The van der Waals surface area contributed by atoms with Crippen LogP contribution < -0.4 is 15.6 Å². The number of rotatable bonds is 4. The molecule has 0 saturated carbocycles. The van der Waals surface area contributed by atoms with Crippen molar-refractivity contribution in [2.24, 2.45) is 0 Å². The van der Waals surface area contributed by atoms with Gasteiger partial charge in [-0.15, -0.1) is 11.8 Å². The lowest BCUT2D eigenvalue weighted by Gasteiger charge is -2.36. The van der Waals surface area contributed by atoms with E-state index in [1.807, 2.05) is 42.8 Å². The molecule has 2 aliphatic heterocycles. The number of anilines is 1. The van der Waals surface area contributed by atoms with E-state index < -0.39 is 0 Å². The van der Waals surface area contributed by atoms with Crippen LogP contribution in [0.5, 0.6) is 5.75 Å². The number of aromatic amines is 2. The summed E-state index contributed by atoms with van der Waals surface area (Å²) in [5, 5.41) is 13.0. The van der Waals surface area contributed by atoms with Crippen molar-refractivity contribution >= 4 is 23.5 Å². The SMILES string of the molecule is COc1ccc(-c2[nH]ncc2[C@@H]2SCC(=O)Nc3c2c(=O)[nH]n3[C@@H]2CCOC(C)(C)C2)cc1. The van der Waals surface area contributed by atoms with Gasteiger partial charge in [-0.25, -0.2) is 0 Å². The quantitative estimate of drug-likeness (QED) is 0.539. The summed E-state index contributed by atoms with van der Waals surface area (Å²) in [5.41, 5.74) is 2.65. The Hall–Kier alpha value is -2.98. The topological polar surface area (TPSA) is 114 Å². The third kappa shape index (κ3) is 4.08. The van der Waals surface area contributed by atoms with E-state index in [0.717, 1.165) is 35.4 Å². The number of benzene rings is 1. The van der Waals surface area contributed by atoms with Crippen molar-refractivity contribution in [3.8, 4) is 17.0 Å². The molecule has 3 N–H and O–H groups in total. The molecule has 0 spiro atoms. The molecule has 2 atom stereocenters. The number of hydrogen-bond donors (Lipinski definition) is 3. The smallest absolute Gasteiger partial charge is 0.270 e. The van der Waals surface area contributed by atoms with Crippen molar-refractivity contribution in [1.29, 1.82) is 0 Å². The Bertz CT molecular complexity index is 1230. The molecule has 0 aliphatic carbocycles. The van der Waals surface area contributed by atoms with Crippen LogP contribution in [-0.2, 0) is 9.53 Å². The second-order valence-electron chi connectivity index (χ2n) is 9.00. The maximum absolute atomic E-state index is 13.3. The standard InChI is InChI=1S/C23H27N5O4S/c1-23(2)10-14(8-9-32-23)28-21-18(22(30)27-28)20(33-12-17(29)25-21)16-11-24-26-19(16)13-4-6-15(31-3)7-5-13/h4-7,11,14,20H,8-10,12H2,1-3H3,(H,24,26)(H,25,29)(H,27,30)/t14-,20+/m1/s1. The molecule has 174 valence electrons. The first kappa shape index (κ1) is 21.8. The highest BCUT2D eigenvalue weighted by molar-refractivity contribution is 8.00. The highest BCUT2D eigenvalue weighted by Gasteiger charge is 2.37. The summed E-state index contributed by atoms with van der Waals surface area (Å²) in [5.74, 6) is 1.42. The van der Waals surface area contributed by atoms with Crippen LogP contribution in [0.1, 0.15) is 49.1 Å². The largest absolute Gasteiger partial charge is 0.497 e. The average molecular weight is 470 g/mol. The first-order chi connectivity index (χ1) is 15.9. The monoisotopic (exact) mass is 469 g/mol. The first-order valence-electron chi connectivity index (χ1n) is 10.9. The van der Waals surface area contributed by atoms with Crippen molar-refractivity contribution in [1.82, 2.24) is 20.0 Å². The molecule has 2 aromatic heterocycles. The lowest BCUT2D eigenvalue weighted by atomic mass is 9.94. The number of H-pyrrole nitrogens is 2. The second kappa shape index (κ2) is 8.42. The number of carbonyl (C=O) groups is 1. The molecular formula is C23H27N5O4S. The Morgan fingerprint density at radius 2 is 2.03 bits per heavy atom. The van der Waals surface area contributed by atoms with E-state index in [4.69, 9.17) is 9.47 Å². The van der Waals surface area contributed by atoms with E-state index in [2.05, 4.69) is 20.6 Å². The van der Waals surface area contributed by atoms with Crippen LogP contribution in [-0.4, -0.2) is 51.0 Å². The molecule has 2 aliphatic rings. The van der Waals surface area contributed by atoms with Crippen LogP contribution in [0.25, 0.3) is 11.3 Å². The normalized spacial score (nSPS) is 22.3. The van der Waals surface area contributed by atoms with Crippen LogP contribution in [0.3, 0.4) is 0 Å². The molecule has 0 bridgehead atoms. The van der Waals surface area contributed by atoms with Gasteiger partial charge in [0.15, 0.2) is 0 Å². The van der Waals surface area contributed by atoms with Crippen molar-refractivity contribution in [3.05, 3.63) is 51.9 Å². The number of amides is 1. The molecule has 1 saturated heterocycles. The summed E-state index contributed by atoms with van der Waals surface area (Å²) in [7, 11) is 1.63. The van der Waals surface area contributed by atoms with Crippen molar-refractivity contribution in [2.45, 2.75) is 43.6 Å². The molecule has 9 nitrogen and oxygen atoms in total. The number of ether oxygens (including phenoxy) is 2. The number of thioether (sulfide) groups is 1. The third-order valence-corrected chi connectivity index (χ3v) is 7.48. The summed E-state index contributed by atoms with van der Waals surface area (Å²) in [6.07, 6.45) is 3.24. The van der Waals surface area contributed by atoms with E-state index in [1.54, 1.807) is 13.3 Å². The summed E-state index contributed by atoms with van der Waals surface area (Å²) in [4.78, 5) is 25.9. The van der Waals surface area contributed by atoms with Gasteiger partial charge in [-0.05, 0) is 51.0 Å². The van der Waals surface area contributed by atoms with Crippen LogP contribution in [0.15, 0.2) is 35.3 Å². The molecule has 1 aromatic carbocycles. The van der Waals surface area contributed by atoms with Crippen LogP contribution in [0, 0.1) is 0 Å². The van der Waals surface area contributed by atoms with Crippen molar-refractivity contribution < 1.29 is 14.3 Å². The molecule has 33 heavy (non-hydrogen) atoms. The average Bonchev–Trinajstić information content (AvgIpc) is 3.35. The predicted molar refractivity (Wildman–Crippen MR) is 127 cm³/mol. The van der Waals surface area contributed by atoms with Gasteiger partial charge >= 0.3 is 0 Å². The minimum atomic E-state index is -0.354. The maximum atomic E-state index is 13.3. The molecular weight excluding hydrogens is 442 g/mol. The van der Waals surface area contributed by atoms with Gasteiger partial charge in [0.2, 0.25) is 5.91 Å².